The number of rotatable bonds is 19. The van der Waals surface area contributed by atoms with Gasteiger partial charge in [0.2, 0.25) is 5.91 Å². The molecule has 4 nitrogen and oxygen atoms in total. The fourth-order valence-electron chi connectivity index (χ4n) is 3.35. The van der Waals surface area contributed by atoms with Crippen molar-refractivity contribution in [2.75, 3.05) is 13.1 Å². The minimum Gasteiger partial charge on any atom is -0.368 e. The van der Waals surface area contributed by atoms with Crippen LogP contribution in [0.1, 0.15) is 117 Å². The summed E-state index contributed by atoms with van der Waals surface area (Å²) in [4.78, 5) is 14.0. The first kappa shape index (κ1) is 25.4. The van der Waals surface area contributed by atoms with E-state index < -0.39 is 6.29 Å². The van der Waals surface area contributed by atoms with Crippen LogP contribution in [0.25, 0.3) is 0 Å². The van der Waals surface area contributed by atoms with Gasteiger partial charge in [0.1, 0.15) is 0 Å². The highest BCUT2D eigenvalue weighted by atomic mass is 16.5. The predicted octanol–water partition coefficient (Wildman–Crippen LogP) is 5.41. The van der Waals surface area contributed by atoms with Crippen molar-refractivity contribution in [3.8, 4) is 0 Å². The summed E-state index contributed by atoms with van der Waals surface area (Å²) in [6, 6.07) is 0. The number of hydrogen-bond donors (Lipinski definition) is 2. The van der Waals surface area contributed by atoms with Gasteiger partial charge in [-0.1, -0.05) is 90.9 Å². The largest absolute Gasteiger partial charge is 0.368 e. The number of aliphatic hydroxyl groups excluding tert-OH is 1. The quantitative estimate of drug-likeness (QED) is 0.236. The lowest BCUT2D eigenvalue weighted by molar-refractivity contribution is -0.132. The van der Waals surface area contributed by atoms with Crippen LogP contribution in [0.15, 0.2) is 0 Å². The Hall–Kier alpha value is -0.610. The van der Waals surface area contributed by atoms with Crippen molar-refractivity contribution in [2.24, 2.45) is 0 Å². The molecule has 2 N–H and O–H groups in total. The molecule has 0 fully saturated rings. The Morgan fingerprint density at radius 1 is 0.692 bits per heavy atom. The Labute approximate surface area is 162 Å². The second kappa shape index (κ2) is 19.2. The van der Waals surface area contributed by atoms with E-state index in [0.29, 0.717) is 19.5 Å². The van der Waals surface area contributed by atoms with Crippen LogP contribution in [0.2, 0.25) is 0 Å². The average Bonchev–Trinajstić information content (AvgIpc) is 2.62. The van der Waals surface area contributed by atoms with Crippen LogP contribution < -0.4 is 0 Å². The maximum atomic E-state index is 12.2. The molecule has 26 heavy (non-hydrogen) atoms. The molecule has 0 heterocycles. The summed E-state index contributed by atoms with van der Waals surface area (Å²) in [5.74, 6) is 0.163. The van der Waals surface area contributed by atoms with E-state index in [2.05, 4.69) is 6.92 Å². The van der Waals surface area contributed by atoms with Gasteiger partial charge in [0.05, 0.1) is 0 Å². The van der Waals surface area contributed by atoms with Crippen LogP contribution >= 0.6 is 0 Å². The molecule has 0 aromatic rings. The topological polar surface area (TPSA) is 60.8 Å². The number of amides is 1. The zero-order valence-electron chi connectivity index (χ0n) is 17.6. The minimum atomic E-state index is -1.32. The van der Waals surface area contributed by atoms with Gasteiger partial charge in [-0.2, -0.15) is 0 Å². The average molecular weight is 372 g/mol. The zero-order valence-corrected chi connectivity index (χ0v) is 17.6. The molecule has 0 aliphatic heterocycles. The standard InChI is InChI=1S/C22H45NO3/c1-3-5-6-7-8-9-10-11-12-13-14-15-16-17-21(24)23(19-4-2)20-18-22(25)26/h22,25-26H,3-20H2,1-2H3. The number of hydrogen-bond acceptors (Lipinski definition) is 3. The van der Waals surface area contributed by atoms with Crippen LogP contribution in [0.5, 0.6) is 0 Å². The van der Waals surface area contributed by atoms with E-state index >= 15 is 0 Å². The first-order valence-corrected chi connectivity index (χ1v) is 11.3. The van der Waals surface area contributed by atoms with Gasteiger partial charge in [-0.15, -0.1) is 0 Å². The summed E-state index contributed by atoms with van der Waals surface area (Å²) in [7, 11) is 0. The third-order valence-electron chi connectivity index (χ3n) is 5.00. The molecule has 0 unspecified atom stereocenters. The molecule has 4 heteroatoms. The highest BCUT2D eigenvalue weighted by Gasteiger charge is 2.13. The smallest absolute Gasteiger partial charge is 0.222 e. The number of carbonyl (C=O) groups excluding carboxylic acids is 1. The SMILES string of the molecule is CCCCCCCCCCCCCCCC(=O)N(CCC)CCC(O)O. The van der Waals surface area contributed by atoms with E-state index in [9.17, 15) is 4.79 Å². The molecule has 156 valence electrons. The molecule has 0 rings (SSSR count). The van der Waals surface area contributed by atoms with Crippen molar-refractivity contribution in [1.82, 2.24) is 4.90 Å². The Morgan fingerprint density at radius 3 is 1.58 bits per heavy atom. The number of aliphatic hydroxyl groups is 2. The minimum absolute atomic E-state index is 0.163. The Morgan fingerprint density at radius 2 is 1.15 bits per heavy atom. The second-order valence-electron chi connectivity index (χ2n) is 7.64. The molecule has 0 saturated heterocycles. The molecule has 0 aliphatic rings. The summed E-state index contributed by atoms with van der Waals surface area (Å²) in [6.45, 7) is 5.47. The maximum absolute atomic E-state index is 12.2. The molecule has 0 atom stereocenters. The first-order chi connectivity index (χ1) is 12.6. The van der Waals surface area contributed by atoms with Crippen molar-refractivity contribution in [2.45, 2.75) is 123 Å². The van der Waals surface area contributed by atoms with E-state index in [-0.39, 0.29) is 12.3 Å². The molecule has 0 aromatic carbocycles. The summed E-state index contributed by atoms with van der Waals surface area (Å²) in [5.41, 5.74) is 0. The second-order valence-corrected chi connectivity index (χ2v) is 7.64. The van der Waals surface area contributed by atoms with E-state index in [4.69, 9.17) is 10.2 Å². The molecule has 1 amide bonds. The van der Waals surface area contributed by atoms with E-state index in [1.165, 1.54) is 70.6 Å². The van der Waals surface area contributed by atoms with Gasteiger partial charge < -0.3 is 15.1 Å². The van der Waals surface area contributed by atoms with Crippen LogP contribution in [0, 0.1) is 0 Å². The van der Waals surface area contributed by atoms with Crippen LogP contribution in [0.3, 0.4) is 0 Å². The molecule has 0 aliphatic carbocycles. The summed E-state index contributed by atoms with van der Waals surface area (Å²) >= 11 is 0. The molecule has 0 radical (unpaired) electrons. The highest BCUT2D eigenvalue weighted by molar-refractivity contribution is 5.76. The van der Waals surface area contributed by atoms with Gasteiger partial charge in [0.25, 0.3) is 0 Å². The third-order valence-corrected chi connectivity index (χ3v) is 5.00. The predicted molar refractivity (Wildman–Crippen MR) is 110 cm³/mol. The van der Waals surface area contributed by atoms with Crippen LogP contribution in [-0.4, -0.2) is 40.4 Å². The van der Waals surface area contributed by atoms with Gasteiger partial charge in [-0.3, -0.25) is 4.79 Å². The van der Waals surface area contributed by atoms with E-state index in [1.54, 1.807) is 4.90 Å². The van der Waals surface area contributed by atoms with Crippen LogP contribution in [0.4, 0.5) is 0 Å². The fraction of sp³-hybridized carbons (Fsp3) is 0.955. The van der Waals surface area contributed by atoms with E-state index in [1.807, 2.05) is 6.92 Å². The van der Waals surface area contributed by atoms with Crippen molar-refractivity contribution >= 4 is 5.91 Å². The highest BCUT2D eigenvalue weighted by Crippen LogP contribution is 2.13. The lowest BCUT2D eigenvalue weighted by Crippen LogP contribution is -2.34. The first-order valence-electron chi connectivity index (χ1n) is 11.3. The molecule has 0 spiro atoms. The molecule has 0 bridgehead atoms. The van der Waals surface area contributed by atoms with Gasteiger partial charge in [0.15, 0.2) is 6.29 Å². The Balaban J connectivity index is 3.48. The number of unbranched alkanes of at least 4 members (excludes halogenated alkanes) is 12. The van der Waals surface area contributed by atoms with Crippen molar-refractivity contribution in [3.63, 3.8) is 0 Å². The van der Waals surface area contributed by atoms with Crippen molar-refractivity contribution in [3.05, 3.63) is 0 Å². The number of nitrogens with zero attached hydrogens (tertiary/aromatic N) is 1. The summed E-state index contributed by atoms with van der Waals surface area (Å²) in [6.07, 6.45) is 17.4. The molecule has 0 saturated carbocycles. The lowest BCUT2D eigenvalue weighted by Gasteiger charge is -2.22. The lowest BCUT2D eigenvalue weighted by atomic mass is 10.0. The number of carbonyl (C=O) groups is 1. The zero-order chi connectivity index (χ0) is 19.5. The van der Waals surface area contributed by atoms with Gasteiger partial charge in [0, 0.05) is 25.9 Å². The van der Waals surface area contributed by atoms with Crippen molar-refractivity contribution in [1.29, 1.82) is 0 Å². The Bertz CT molecular complexity index is 308. The van der Waals surface area contributed by atoms with Gasteiger partial charge in [-0.25, -0.2) is 0 Å². The summed E-state index contributed by atoms with van der Waals surface area (Å²) < 4.78 is 0. The maximum Gasteiger partial charge on any atom is 0.222 e. The molecular formula is C22H45NO3. The Kier molecular flexibility index (Phi) is 18.7. The van der Waals surface area contributed by atoms with E-state index in [0.717, 1.165) is 19.3 Å². The summed E-state index contributed by atoms with van der Waals surface area (Å²) in [5, 5.41) is 17.9. The van der Waals surface area contributed by atoms with Crippen molar-refractivity contribution < 1.29 is 15.0 Å². The monoisotopic (exact) mass is 371 g/mol. The third kappa shape index (κ3) is 16.8. The van der Waals surface area contributed by atoms with Gasteiger partial charge in [-0.05, 0) is 12.8 Å². The molecule has 0 aromatic heterocycles. The van der Waals surface area contributed by atoms with Gasteiger partial charge >= 0.3 is 0 Å². The fourth-order valence-corrected chi connectivity index (χ4v) is 3.35. The molecular weight excluding hydrogens is 326 g/mol. The normalized spacial score (nSPS) is 11.3. The van der Waals surface area contributed by atoms with Crippen LogP contribution in [-0.2, 0) is 4.79 Å².